The number of H-pyrrole nitrogens is 1. The van der Waals surface area contributed by atoms with Gasteiger partial charge in [0.15, 0.2) is 0 Å². The lowest BCUT2D eigenvalue weighted by Crippen LogP contribution is -2.56. The number of carbonyl (C=O) groups is 1. The van der Waals surface area contributed by atoms with Crippen molar-refractivity contribution in [2.45, 2.75) is 37.9 Å². The molecular formula is C24H24FN3O. The zero-order chi connectivity index (χ0) is 20.0. The molecule has 1 saturated heterocycles. The zero-order valence-corrected chi connectivity index (χ0v) is 16.4. The molecule has 2 unspecified atom stereocenters. The summed E-state index contributed by atoms with van der Waals surface area (Å²) < 4.78 is 13.8. The molecule has 3 heterocycles. The first-order chi connectivity index (χ1) is 14.0. The normalized spacial score (nSPS) is 24.8. The topological polar surface area (TPSA) is 39.3 Å². The van der Waals surface area contributed by atoms with Gasteiger partial charge in [0.1, 0.15) is 5.82 Å². The highest BCUT2D eigenvalue weighted by molar-refractivity contribution is 6.06. The largest absolute Gasteiger partial charge is 0.361 e. The first-order valence-electron chi connectivity index (χ1n) is 10.1. The van der Waals surface area contributed by atoms with Crippen LogP contribution in [0.3, 0.4) is 0 Å². The van der Waals surface area contributed by atoms with Crippen LogP contribution in [-0.4, -0.2) is 33.9 Å². The van der Waals surface area contributed by atoms with Crippen molar-refractivity contribution in [1.82, 2.24) is 9.88 Å². The van der Waals surface area contributed by atoms with Crippen LogP contribution in [-0.2, 0) is 11.3 Å². The van der Waals surface area contributed by atoms with Gasteiger partial charge in [-0.15, -0.1) is 0 Å². The first kappa shape index (κ1) is 18.1. The van der Waals surface area contributed by atoms with Gasteiger partial charge in [-0.25, -0.2) is 4.39 Å². The SMILES string of the molecule is CC1CC2(C=CC(=O)N2c2cccc(F)c2)CCN1Cc1ccc2[nH]ccc2c1. The Hall–Kier alpha value is -2.92. The lowest BCUT2D eigenvalue weighted by Gasteiger charge is -2.47. The number of hydrogen-bond donors (Lipinski definition) is 1. The number of likely N-dealkylation sites (tertiary alicyclic amines) is 1. The number of benzene rings is 2. The number of fused-ring (bicyclic) bond motifs is 1. The van der Waals surface area contributed by atoms with Crippen molar-refractivity contribution in [2.24, 2.45) is 0 Å². The quantitative estimate of drug-likeness (QED) is 0.709. The van der Waals surface area contributed by atoms with Crippen LogP contribution < -0.4 is 4.90 Å². The minimum atomic E-state index is -0.370. The summed E-state index contributed by atoms with van der Waals surface area (Å²) in [7, 11) is 0. The van der Waals surface area contributed by atoms with Crippen molar-refractivity contribution in [3.05, 3.63) is 78.3 Å². The molecule has 5 heteroatoms. The molecule has 5 rings (SSSR count). The Kier molecular flexibility index (Phi) is 4.28. The number of amides is 1. The second-order valence-electron chi connectivity index (χ2n) is 8.26. The van der Waals surface area contributed by atoms with E-state index in [4.69, 9.17) is 0 Å². The average molecular weight is 389 g/mol. The Labute approximate surface area is 169 Å². The molecule has 1 aromatic heterocycles. The van der Waals surface area contributed by atoms with Gasteiger partial charge in [0.2, 0.25) is 0 Å². The van der Waals surface area contributed by atoms with E-state index in [1.165, 1.54) is 23.1 Å². The summed E-state index contributed by atoms with van der Waals surface area (Å²) in [5, 5.41) is 1.23. The number of piperidine rings is 1. The zero-order valence-electron chi connectivity index (χ0n) is 16.4. The van der Waals surface area contributed by atoms with E-state index in [0.29, 0.717) is 11.7 Å². The summed E-state index contributed by atoms with van der Waals surface area (Å²) in [5.74, 6) is -0.378. The lowest BCUT2D eigenvalue weighted by molar-refractivity contribution is -0.114. The summed E-state index contributed by atoms with van der Waals surface area (Å²) in [6.45, 7) is 3.99. The van der Waals surface area contributed by atoms with E-state index in [1.807, 2.05) is 18.3 Å². The fourth-order valence-electron chi connectivity index (χ4n) is 4.92. The van der Waals surface area contributed by atoms with E-state index in [9.17, 15) is 9.18 Å². The molecular weight excluding hydrogens is 365 g/mol. The number of nitrogens with one attached hydrogen (secondary N) is 1. The molecule has 4 nitrogen and oxygen atoms in total. The van der Waals surface area contributed by atoms with E-state index >= 15 is 0 Å². The number of aromatic amines is 1. The predicted octanol–water partition coefficient (Wildman–Crippen LogP) is 4.63. The number of halogens is 1. The summed E-state index contributed by atoms with van der Waals surface area (Å²) in [4.78, 5) is 20.1. The molecule has 29 heavy (non-hydrogen) atoms. The van der Waals surface area contributed by atoms with Gasteiger partial charge in [-0.2, -0.15) is 0 Å². The van der Waals surface area contributed by atoms with Gasteiger partial charge in [-0.1, -0.05) is 18.2 Å². The van der Waals surface area contributed by atoms with Crippen LogP contribution in [0.1, 0.15) is 25.3 Å². The standard InChI is InChI=1S/C24H24FN3O/c1-17-15-24(9-7-23(29)28(24)21-4-2-3-20(25)14-21)10-12-27(17)16-18-5-6-22-19(13-18)8-11-26-22/h2-9,11,13-14,17,26H,10,12,15-16H2,1H3. The number of carbonyl (C=O) groups excluding carboxylic acids is 1. The molecule has 2 aromatic carbocycles. The van der Waals surface area contributed by atoms with Crippen molar-refractivity contribution >= 4 is 22.5 Å². The molecule has 1 fully saturated rings. The molecule has 3 aromatic rings. The maximum absolute atomic E-state index is 13.8. The van der Waals surface area contributed by atoms with Crippen LogP contribution in [0.25, 0.3) is 10.9 Å². The summed E-state index contributed by atoms with van der Waals surface area (Å²) >= 11 is 0. The Balaban J connectivity index is 1.36. The van der Waals surface area contributed by atoms with Gasteiger partial charge in [0, 0.05) is 42.6 Å². The number of anilines is 1. The highest BCUT2D eigenvalue weighted by Gasteiger charge is 2.46. The molecule has 1 spiro atoms. The number of hydrogen-bond acceptors (Lipinski definition) is 2. The molecule has 148 valence electrons. The van der Waals surface area contributed by atoms with Crippen molar-refractivity contribution in [2.75, 3.05) is 11.4 Å². The molecule has 2 aliphatic heterocycles. The average Bonchev–Trinajstić information content (AvgIpc) is 3.28. The van der Waals surface area contributed by atoms with E-state index in [1.54, 1.807) is 17.0 Å². The summed E-state index contributed by atoms with van der Waals surface area (Å²) in [6.07, 6.45) is 7.31. The maximum atomic E-state index is 13.8. The Bertz CT molecular complexity index is 1100. The van der Waals surface area contributed by atoms with Crippen LogP contribution in [0.15, 0.2) is 66.9 Å². The third kappa shape index (κ3) is 3.15. The van der Waals surface area contributed by atoms with Crippen molar-refractivity contribution in [1.29, 1.82) is 0 Å². The Morgan fingerprint density at radius 3 is 2.93 bits per heavy atom. The minimum absolute atomic E-state index is 0.0610. The van der Waals surface area contributed by atoms with Crippen molar-refractivity contribution in [3.63, 3.8) is 0 Å². The van der Waals surface area contributed by atoms with E-state index in [-0.39, 0.29) is 17.3 Å². The predicted molar refractivity (Wildman–Crippen MR) is 113 cm³/mol. The molecule has 2 aliphatic rings. The number of rotatable bonds is 3. The smallest absolute Gasteiger partial charge is 0.251 e. The van der Waals surface area contributed by atoms with Crippen LogP contribution in [0.4, 0.5) is 10.1 Å². The lowest BCUT2D eigenvalue weighted by atomic mass is 9.82. The molecule has 1 N–H and O–H groups in total. The number of nitrogens with zero attached hydrogens (tertiary/aromatic N) is 2. The van der Waals surface area contributed by atoms with Gasteiger partial charge in [-0.05, 0) is 67.1 Å². The van der Waals surface area contributed by atoms with Crippen molar-refractivity contribution < 1.29 is 9.18 Å². The second kappa shape index (κ2) is 6.85. The molecule has 0 aliphatic carbocycles. The van der Waals surface area contributed by atoms with Gasteiger partial charge < -0.3 is 4.98 Å². The number of aromatic nitrogens is 1. The van der Waals surface area contributed by atoms with E-state index in [2.05, 4.69) is 41.1 Å². The molecule has 0 saturated carbocycles. The molecule has 1 amide bonds. The Morgan fingerprint density at radius 1 is 1.21 bits per heavy atom. The van der Waals surface area contributed by atoms with Gasteiger partial charge in [0.25, 0.3) is 5.91 Å². The maximum Gasteiger partial charge on any atom is 0.251 e. The fraction of sp³-hybridized carbons (Fsp3) is 0.292. The van der Waals surface area contributed by atoms with Gasteiger partial charge >= 0.3 is 0 Å². The molecule has 2 atom stereocenters. The second-order valence-corrected chi connectivity index (χ2v) is 8.26. The van der Waals surface area contributed by atoms with Gasteiger partial charge in [0.05, 0.1) is 5.54 Å². The van der Waals surface area contributed by atoms with E-state index < -0.39 is 0 Å². The molecule has 0 radical (unpaired) electrons. The highest BCUT2D eigenvalue weighted by Crippen LogP contribution is 2.40. The third-order valence-corrected chi connectivity index (χ3v) is 6.38. The van der Waals surface area contributed by atoms with Crippen LogP contribution in [0.5, 0.6) is 0 Å². The minimum Gasteiger partial charge on any atom is -0.361 e. The van der Waals surface area contributed by atoms with Crippen LogP contribution in [0, 0.1) is 5.82 Å². The monoisotopic (exact) mass is 389 g/mol. The first-order valence-corrected chi connectivity index (χ1v) is 10.1. The molecule has 0 bridgehead atoms. The van der Waals surface area contributed by atoms with Crippen molar-refractivity contribution in [3.8, 4) is 0 Å². The van der Waals surface area contributed by atoms with Crippen LogP contribution >= 0.6 is 0 Å². The van der Waals surface area contributed by atoms with Gasteiger partial charge in [-0.3, -0.25) is 14.6 Å². The van der Waals surface area contributed by atoms with E-state index in [0.717, 1.165) is 31.4 Å². The van der Waals surface area contributed by atoms with Crippen LogP contribution in [0.2, 0.25) is 0 Å². The Morgan fingerprint density at radius 2 is 2.10 bits per heavy atom. The summed E-state index contributed by atoms with van der Waals surface area (Å²) in [6, 6.07) is 15.3. The highest BCUT2D eigenvalue weighted by atomic mass is 19.1. The third-order valence-electron chi connectivity index (χ3n) is 6.38. The summed E-state index contributed by atoms with van der Waals surface area (Å²) in [5.41, 5.74) is 2.71. The fourth-order valence-corrected chi connectivity index (χ4v) is 4.92.